The summed E-state index contributed by atoms with van der Waals surface area (Å²) in [6.07, 6.45) is 2.38. The van der Waals surface area contributed by atoms with Gasteiger partial charge in [0.2, 0.25) is 0 Å². The summed E-state index contributed by atoms with van der Waals surface area (Å²) in [6.45, 7) is 3.07. The third kappa shape index (κ3) is 3.39. The van der Waals surface area contributed by atoms with Crippen molar-refractivity contribution in [1.82, 2.24) is 9.80 Å². The number of phenols is 1. The van der Waals surface area contributed by atoms with E-state index < -0.39 is 0 Å². The molecule has 1 aromatic rings. The lowest BCUT2D eigenvalue weighted by Gasteiger charge is -2.35. The molecular weight excluding hydrogens is 240 g/mol. The van der Waals surface area contributed by atoms with Gasteiger partial charge in [0.05, 0.1) is 7.11 Å². The van der Waals surface area contributed by atoms with Gasteiger partial charge in [-0.1, -0.05) is 12.1 Å². The standard InChI is InChI=1S/C15H24N2O2/c1-16-9-7-13(8-10-16)17(2)11-12-5-4-6-14(19-3)15(12)18/h4-6,13,18H,7-11H2,1-3H3. The van der Waals surface area contributed by atoms with E-state index in [4.69, 9.17) is 4.74 Å². The van der Waals surface area contributed by atoms with Crippen molar-refractivity contribution in [3.8, 4) is 11.5 Å². The van der Waals surface area contributed by atoms with Crippen LogP contribution >= 0.6 is 0 Å². The minimum absolute atomic E-state index is 0.268. The van der Waals surface area contributed by atoms with Crippen LogP contribution in [0, 0.1) is 0 Å². The van der Waals surface area contributed by atoms with Crippen molar-refractivity contribution in [3.63, 3.8) is 0 Å². The molecule has 4 heteroatoms. The highest BCUT2D eigenvalue weighted by Crippen LogP contribution is 2.30. The van der Waals surface area contributed by atoms with Gasteiger partial charge in [0.1, 0.15) is 0 Å². The number of hydrogen-bond acceptors (Lipinski definition) is 4. The summed E-state index contributed by atoms with van der Waals surface area (Å²) in [5.74, 6) is 0.819. The van der Waals surface area contributed by atoms with Gasteiger partial charge in [-0.2, -0.15) is 0 Å². The van der Waals surface area contributed by atoms with E-state index in [1.165, 1.54) is 12.8 Å². The van der Waals surface area contributed by atoms with Crippen LogP contribution in [0.2, 0.25) is 0 Å². The topological polar surface area (TPSA) is 35.9 Å². The summed E-state index contributed by atoms with van der Waals surface area (Å²) < 4.78 is 5.15. The largest absolute Gasteiger partial charge is 0.504 e. The Morgan fingerprint density at radius 3 is 2.68 bits per heavy atom. The zero-order valence-corrected chi connectivity index (χ0v) is 12.1. The molecule has 1 aliphatic rings. The van der Waals surface area contributed by atoms with Gasteiger partial charge in [-0.15, -0.1) is 0 Å². The summed E-state index contributed by atoms with van der Waals surface area (Å²) in [4.78, 5) is 4.70. The molecule has 4 nitrogen and oxygen atoms in total. The fraction of sp³-hybridized carbons (Fsp3) is 0.600. The Hall–Kier alpha value is -1.26. The van der Waals surface area contributed by atoms with Gasteiger partial charge in [0.15, 0.2) is 11.5 Å². The number of phenolic OH excluding ortho intramolecular Hbond substituents is 1. The number of benzene rings is 1. The number of para-hydroxylation sites is 1. The molecule has 1 N–H and O–H groups in total. The second kappa shape index (κ2) is 6.26. The lowest BCUT2D eigenvalue weighted by Crippen LogP contribution is -2.41. The van der Waals surface area contributed by atoms with Gasteiger partial charge >= 0.3 is 0 Å². The van der Waals surface area contributed by atoms with Crippen molar-refractivity contribution in [3.05, 3.63) is 23.8 Å². The molecule has 1 fully saturated rings. The molecular formula is C15H24N2O2. The van der Waals surface area contributed by atoms with Gasteiger partial charge in [-0.3, -0.25) is 4.90 Å². The molecule has 19 heavy (non-hydrogen) atoms. The van der Waals surface area contributed by atoms with Crippen LogP contribution in [0.5, 0.6) is 11.5 Å². The molecule has 1 saturated heterocycles. The molecule has 1 aromatic carbocycles. The number of aromatic hydroxyl groups is 1. The van der Waals surface area contributed by atoms with Gasteiger partial charge in [0, 0.05) is 18.2 Å². The summed E-state index contributed by atoms with van der Waals surface area (Å²) >= 11 is 0. The van der Waals surface area contributed by atoms with Crippen LogP contribution < -0.4 is 4.74 Å². The first-order valence-electron chi connectivity index (χ1n) is 6.85. The Bertz CT molecular complexity index is 415. The molecule has 0 saturated carbocycles. The van der Waals surface area contributed by atoms with Crippen LogP contribution in [0.4, 0.5) is 0 Å². The van der Waals surface area contributed by atoms with E-state index in [1.54, 1.807) is 13.2 Å². The van der Waals surface area contributed by atoms with E-state index in [-0.39, 0.29) is 5.75 Å². The first-order valence-corrected chi connectivity index (χ1v) is 6.85. The molecule has 0 unspecified atom stereocenters. The molecule has 0 bridgehead atoms. The SMILES string of the molecule is COc1cccc(CN(C)C2CCN(C)CC2)c1O. The average Bonchev–Trinajstić information content (AvgIpc) is 2.42. The molecule has 0 aromatic heterocycles. The van der Waals surface area contributed by atoms with Crippen molar-refractivity contribution in [2.75, 3.05) is 34.3 Å². The number of ether oxygens (including phenoxy) is 1. The van der Waals surface area contributed by atoms with E-state index in [2.05, 4.69) is 23.9 Å². The first kappa shape index (κ1) is 14.2. The Balaban J connectivity index is 2.00. The third-order valence-electron chi connectivity index (χ3n) is 4.03. The molecule has 0 atom stereocenters. The van der Waals surface area contributed by atoms with Gasteiger partial charge in [-0.05, 0) is 46.1 Å². The summed E-state index contributed by atoms with van der Waals surface area (Å²) in [5, 5.41) is 10.1. The molecule has 0 radical (unpaired) electrons. The zero-order chi connectivity index (χ0) is 13.8. The van der Waals surface area contributed by atoms with Crippen LogP contribution in [0.25, 0.3) is 0 Å². The van der Waals surface area contributed by atoms with Crippen molar-refractivity contribution in [2.24, 2.45) is 0 Å². The quantitative estimate of drug-likeness (QED) is 0.901. The van der Waals surface area contributed by atoms with Crippen LogP contribution in [-0.2, 0) is 6.54 Å². The average molecular weight is 264 g/mol. The van der Waals surface area contributed by atoms with Crippen LogP contribution in [0.1, 0.15) is 18.4 Å². The lowest BCUT2D eigenvalue weighted by molar-refractivity contribution is 0.138. The van der Waals surface area contributed by atoms with Crippen molar-refractivity contribution < 1.29 is 9.84 Å². The first-order chi connectivity index (χ1) is 9.11. The monoisotopic (exact) mass is 264 g/mol. The van der Waals surface area contributed by atoms with E-state index in [0.29, 0.717) is 11.8 Å². The van der Waals surface area contributed by atoms with E-state index in [0.717, 1.165) is 25.2 Å². The van der Waals surface area contributed by atoms with Gasteiger partial charge < -0.3 is 14.7 Å². The highest BCUT2D eigenvalue weighted by molar-refractivity contribution is 5.45. The van der Waals surface area contributed by atoms with Crippen molar-refractivity contribution >= 4 is 0 Å². The fourth-order valence-electron chi connectivity index (χ4n) is 2.69. The second-order valence-corrected chi connectivity index (χ2v) is 5.42. The van der Waals surface area contributed by atoms with Crippen molar-refractivity contribution in [2.45, 2.75) is 25.4 Å². The van der Waals surface area contributed by atoms with Crippen LogP contribution in [0.3, 0.4) is 0 Å². The van der Waals surface area contributed by atoms with Crippen LogP contribution in [0.15, 0.2) is 18.2 Å². The molecule has 2 rings (SSSR count). The maximum atomic E-state index is 10.1. The Morgan fingerprint density at radius 2 is 2.05 bits per heavy atom. The van der Waals surface area contributed by atoms with Gasteiger partial charge in [0.25, 0.3) is 0 Å². The normalized spacial score (nSPS) is 17.9. The third-order valence-corrected chi connectivity index (χ3v) is 4.03. The smallest absolute Gasteiger partial charge is 0.162 e. The Kier molecular flexibility index (Phi) is 4.66. The number of hydrogen-bond donors (Lipinski definition) is 1. The Morgan fingerprint density at radius 1 is 1.37 bits per heavy atom. The minimum Gasteiger partial charge on any atom is -0.504 e. The van der Waals surface area contributed by atoms with Crippen LogP contribution in [-0.4, -0.2) is 55.2 Å². The minimum atomic E-state index is 0.268. The maximum absolute atomic E-state index is 10.1. The number of piperidine rings is 1. The fourth-order valence-corrected chi connectivity index (χ4v) is 2.69. The number of rotatable bonds is 4. The summed E-state index contributed by atoms with van der Waals surface area (Å²) in [7, 11) is 5.89. The second-order valence-electron chi connectivity index (χ2n) is 5.42. The number of nitrogens with zero attached hydrogens (tertiary/aromatic N) is 2. The van der Waals surface area contributed by atoms with E-state index in [9.17, 15) is 5.11 Å². The van der Waals surface area contributed by atoms with Crippen molar-refractivity contribution in [1.29, 1.82) is 0 Å². The molecule has 0 aliphatic carbocycles. The molecule has 106 valence electrons. The highest BCUT2D eigenvalue weighted by atomic mass is 16.5. The summed E-state index contributed by atoms with van der Waals surface area (Å²) in [6, 6.07) is 6.27. The summed E-state index contributed by atoms with van der Waals surface area (Å²) in [5.41, 5.74) is 0.931. The Labute approximate surface area is 115 Å². The van der Waals surface area contributed by atoms with E-state index >= 15 is 0 Å². The maximum Gasteiger partial charge on any atom is 0.162 e. The molecule has 1 aliphatic heterocycles. The van der Waals surface area contributed by atoms with E-state index in [1.807, 2.05) is 12.1 Å². The van der Waals surface area contributed by atoms with Gasteiger partial charge in [-0.25, -0.2) is 0 Å². The number of methoxy groups -OCH3 is 1. The highest BCUT2D eigenvalue weighted by Gasteiger charge is 2.21. The molecule has 0 amide bonds. The predicted molar refractivity (Wildman–Crippen MR) is 76.6 cm³/mol. The predicted octanol–water partition coefficient (Wildman–Crippen LogP) is 1.93. The molecule has 0 spiro atoms. The molecule has 1 heterocycles. The number of likely N-dealkylation sites (tertiary alicyclic amines) is 1. The zero-order valence-electron chi connectivity index (χ0n) is 12.1. The lowest BCUT2D eigenvalue weighted by atomic mass is 10.0.